The van der Waals surface area contributed by atoms with Gasteiger partial charge < -0.3 is 10.6 Å². The van der Waals surface area contributed by atoms with Crippen LogP contribution in [0.15, 0.2) is 22.7 Å². The van der Waals surface area contributed by atoms with Crippen LogP contribution in [0.2, 0.25) is 5.02 Å². The number of hydrogen-bond acceptors (Lipinski definition) is 3. The summed E-state index contributed by atoms with van der Waals surface area (Å²) in [7, 11) is 0. The Balaban J connectivity index is 1.79. The summed E-state index contributed by atoms with van der Waals surface area (Å²) in [6.45, 7) is 5.85. The summed E-state index contributed by atoms with van der Waals surface area (Å²) in [5.41, 5.74) is 3.16. The molecule has 2 N–H and O–H groups in total. The first-order chi connectivity index (χ1) is 11.8. The fourth-order valence-corrected chi connectivity index (χ4v) is 2.77. The lowest BCUT2D eigenvalue weighted by Crippen LogP contribution is -2.31. The minimum atomic E-state index is -0.214. The van der Waals surface area contributed by atoms with Gasteiger partial charge in [-0.25, -0.2) is 0 Å². The van der Waals surface area contributed by atoms with E-state index in [1.807, 2.05) is 32.0 Å². The molecule has 0 spiro atoms. The molecule has 0 bridgehead atoms. The largest absolute Gasteiger partial charge is 0.354 e. The van der Waals surface area contributed by atoms with Crippen LogP contribution in [0.1, 0.15) is 23.4 Å². The number of halogens is 2. The van der Waals surface area contributed by atoms with Gasteiger partial charge >= 0.3 is 0 Å². The Kier molecular flexibility index (Phi) is 6.61. The quantitative estimate of drug-likeness (QED) is 0.742. The lowest BCUT2D eigenvalue weighted by atomic mass is 10.2. The van der Waals surface area contributed by atoms with E-state index in [1.165, 1.54) is 0 Å². The molecular weight excluding hydrogens is 408 g/mol. The van der Waals surface area contributed by atoms with Gasteiger partial charge in [0.1, 0.15) is 6.54 Å². The van der Waals surface area contributed by atoms with E-state index in [-0.39, 0.29) is 31.3 Å². The molecule has 25 heavy (non-hydrogen) atoms. The molecule has 0 atom stereocenters. The SMILES string of the molecule is Cc1ccc(Br)cc1NC(=O)CCNC(=O)Cn1nc(C)c(Cl)c1C. The molecule has 0 aliphatic rings. The van der Waals surface area contributed by atoms with Crippen molar-refractivity contribution in [3.05, 3.63) is 44.6 Å². The fourth-order valence-electron chi connectivity index (χ4n) is 2.28. The summed E-state index contributed by atoms with van der Waals surface area (Å²) in [5, 5.41) is 10.3. The van der Waals surface area contributed by atoms with Crippen molar-refractivity contribution in [1.82, 2.24) is 15.1 Å². The second-order valence-corrected chi connectivity index (χ2v) is 7.04. The molecule has 1 heterocycles. The molecule has 0 unspecified atom stereocenters. The van der Waals surface area contributed by atoms with Gasteiger partial charge in [-0.1, -0.05) is 33.6 Å². The maximum Gasteiger partial charge on any atom is 0.241 e. The predicted octanol–water partition coefficient (Wildman–Crippen LogP) is 3.37. The number of nitrogens with zero attached hydrogens (tertiary/aromatic N) is 2. The number of carbonyl (C=O) groups is 2. The smallest absolute Gasteiger partial charge is 0.241 e. The zero-order chi connectivity index (χ0) is 18.6. The Morgan fingerprint density at radius 1 is 1.24 bits per heavy atom. The lowest BCUT2D eigenvalue weighted by molar-refractivity contribution is -0.122. The van der Waals surface area contributed by atoms with Crippen molar-refractivity contribution in [3.63, 3.8) is 0 Å². The van der Waals surface area contributed by atoms with Gasteiger partial charge in [0, 0.05) is 23.1 Å². The topological polar surface area (TPSA) is 76.0 Å². The van der Waals surface area contributed by atoms with Crippen LogP contribution in [0, 0.1) is 20.8 Å². The monoisotopic (exact) mass is 426 g/mol. The number of hydrogen-bond donors (Lipinski definition) is 2. The molecule has 0 saturated carbocycles. The minimum absolute atomic E-state index is 0.0752. The average molecular weight is 428 g/mol. The Labute approximate surface area is 160 Å². The first-order valence-electron chi connectivity index (χ1n) is 7.80. The molecule has 0 saturated heterocycles. The van der Waals surface area contributed by atoms with E-state index >= 15 is 0 Å². The van der Waals surface area contributed by atoms with Crippen LogP contribution in [0.3, 0.4) is 0 Å². The molecule has 2 rings (SSSR count). The normalized spacial score (nSPS) is 10.6. The van der Waals surface area contributed by atoms with E-state index in [9.17, 15) is 9.59 Å². The van der Waals surface area contributed by atoms with E-state index in [0.29, 0.717) is 10.7 Å². The number of nitrogens with one attached hydrogen (secondary N) is 2. The molecule has 1 aromatic heterocycles. The maximum absolute atomic E-state index is 12.0. The number of rotatable bonds is 6. The van der Waals surface area contributed by atoms with E-state index in [4.69, 9.17) is 11.6 Å². The van der Waals surface area contributed by atoms with Crippen LogP contribution in [0.5, 0.6) is 0 Å². The Hall–Kier alpha value is -1.86. The summed E-state index contributed by atoms with van der Waals surface area (Å²) in [6, 6.07) is 5.68. The third-order valence-electron chi connectivity index (χ3n) is 3.73. The highest BCUT2D eigenvalue weighted by Crippen LogP contribution is 2.21. The maximum atomic E-state index is 12.0. The second-order valence-electron chi connectivity index (χ2n) is 5.75. The average Bonchev–Trinajstić information content (AvgIpc) is 2.78. The Morgan fingerprint density at radius 2 is 1.96 bits per heavy atom. The van der Waals surface area contributed by atoms with Gasteiger partial charge in [-0.3, -0.25) is 14.3 Å². The third-order valence-corrected chi connectivity index (χ3v) is 4.77. The standard InChI is InChI=1S/C17H20BrClN4O2/c1-10-4-5-13(18)8-14(10)21-15(24)6-7-20-16(25)9-23-12(3)17(19)11(2)22-23/h4-5,8H,6-7,9H2,1-3H3,(H,20,25)(H,21,24). The van der Waals surface area contributed by atoms with Gasteiger partial charge in [-0.05, 0) is 38.5 Å². The van der Waals surface area contributed by atoms with Crippen molar-refractivity contribution in [2.24, 2.45) is 0 Å². The molecular formula is C17H20BrClN4O2. The molecule has 0 aliphatic heterocycles. The minimum Gasteiger partial charge on any atom is -0.354 e. The summed E-state index contributed by atoms with van der Waals surface area (Å²) in [4.78, 5) is 24.0. The summed E-state index contributed by atoms with van der Waals surface area (Å²) in [5.74, 6) is -0.371. The zero-order valence-electron chi connectivity index (χ0n) is 14.3. The first-order valence-corrected chi connectivity index (χ1v) is 8.97. The summed E-state index contributed by atoms with van der Waals surface area (Å²) >= 11 is 9.43. The van der Waals surface area contributed by atoms with Crippen molar-refractivity contribution < 1.29 is 9.59 Å². The van der Waals surface area contributed by atoms with Crippen LogP contribution in [0.4, 0.5) is 5.69 Å². The van der Waals surface area contributed by atoms with Crippen LogP contribution in [0.25, 0.3) is 0 Å². The molecule has 2 aromatic rings. The molecule has 0 fully saturated rings. The second kappa shape index (κ2) is 8.49. The third kappa shape index (κ3) is 5.31. The fraction of sp³-hybridized carbons (Fsp3) is 0.353. The van der Waals surface area contributed by atoms with Gasteiger partial charge in [0.05, 0.1) is 16.4 Å². The van der Waals surface area contributed by atoms with Crippen LogP contribution in [-0.2, 0) is 16.1 Å². The molecule has 8 heteroatoms. The zero-order valence-corrected chi connectivity index (χ0v) is 16.7. The number of benzene rings is 1. The van der Waals surface area contributed by atoms with Crippen molar-refractivity contribution in [3.8, 4) is 0 Å². The number of amides is 2. The molecule has 0 radical (unpaired) electrons. The predicted molar refractivity (Wildman–Crippen MR) is 102 cm³/mol. The van der Waals surface area contributed by atoms with Gasteiger partial charge in [0.15, 0.2) is 0 Å². The highest BCUT2D eigenvalue weighted by molar-refractivity contribution is 9.10. The number of aryl methyl sites for hydroxylation is 2. The van der Waals surface area contributed by atoms with Gasteiger partial charge in [0.2, 0.25) is 11.8 Å². The highest BCUT2D eigenvalue weighted by atomic mass is 79.9. The summed E-state index contributed by atoms with van der Waals surface area (Å²) in [6.07, 6.45) is 0.190. The Morgan fingerprint density at radius 3 is 2.60 bits per heavy atom. The van der Waals surface area contributed by atoms with Crippen molar-refractivity contribution in [2.75, 3.05) is 11.9 Å². The lowest BCUT2D eigenvalue weighted by Gasteiger charge is -2.10. The molecule has 134 valence electrons. The van der Waals surface area contributed by atoms with Crippen LogP contribution >= 0.6 is 27.5 Å². The first kappa shape index (κ1) is 19.5. The molecule has 1 aromatic carbocycles. The van der Waals surface area contributed by atoms with E-state index in [2.05, 4.69) is 31.7 Å². The van der Waals surface area contributed by atoms with Crippen molar-refractivity contribution >= 4 is 45.0 Å². The van der Waals surface area contributed by atoms with Crippen molar-refractivity contribution in [1.29, 1.82) is 0 Å². The van der Waals surface area contributed by atoms with Crippen LogP contribution < -0.4 is 10.6 Å². The van der Waals surface area contributed by atoms with Crippen molar-refractivity contribution in [2.45, 2.75) is 33.7 Å². The number of aromatic nitrogens is 2. The van der Waals surface area contributed by atoms with Gasteiger partial charge in [-0.2, -0.15) is 5.10 Å². The van der Waals surface area contributed by atoms with E-state index in [0.717, 1.165) is 21.4 Å². The number of carbonyl (C=O) groups excluding carboxylic acids is 2. The van der Waals surface area contributed by atoms with E-state index < -0.39 is 0 Å². The van der Waals surface area contributed by atoms with E-state index in [1.54, 1.807) is 11.6 Å². The highest BCUT2D eigenvalue weighted by Gasteiger charge is 2.12. The Bertz CT molecular complexity index is 804. The van der Waals surface area contributed by atoms with Gasteiger partial charge in [-0.15, -0.1) is 0 Å². The summed E-state index contributed by atoms with van der Waals surface area (Å²) < 4.78 is 2.45. The van der Waals surface area contributed by atoms with Gasteiger partial charge in [0.25, 0.3) is 0 Å². The molecule has 6 nitrogen and oxygen atoms in total. The molecule has 0 aliphatic carbocycles. The number of anilines is 1. The molecule has 2 amide bonds. The van der Waals surface area contributed by atoms with Crippen LogP contribution in [-0.4, -0.2) is 28.1 Å².